The summed E-state index contributed by atoms with van der Waals surface area (Å²) in [6, 6.07) is 27.1. The van der Waals surface area contributed by atoms with E-state index in [1.54, 1.807) is 23.5 Å². The van der Waals surface area contributed by atoms with Crippen molar-refractivity contribution in [1.82, 2.24) is 9.88 Å². The Morgan fingerprint density at radius 3 is 2.33 bits per heavy atom. The molecule has 0 saturated carbocycles. The molecule has 1 fully saturated rings. The predicted octanol–water partition coefficient (Wildman–Crippen LogP) is 7.43. The molecule has 0 N–H and O–H groups in total. The van der Waals surface area contributed by atoms with E-state index in [1.165, 1.54) is 25.0 Å². The normalized spacial score (nSPS) is 16.7. The van der Waals surface area contributed by atoms with Gasteiger partial charge < -0.3 is 4.90 Å². The fourth-order valence-electron chi connectivity index (χ4n) is 4.27. The van der Waals surface area contributed by atoms with Crippen molar-refractivity contribution in [3.05, 3.63) is 96.3 Å². The molecule has 33 heavy (non-hydrogen) atoms. The highest BCUT2D eigenvalue weighted by Gasteiger charge is 2.22. The van der Waals surface area contributed by atoms with Gasteiger partial charge in [-0.15, -0.1) is 0 Å². The Morgan fingerprint density at radius 2 is 1.64 bits per heavy atom. The number of hydrogen-bond donors (Lipinski definition) is 0. The number of aromatic nitrogens is 1. The van der Waals surface area contributed by atoms with E-state index in [4.69, 9.17) is 9.98 Å². The van der Waals surface area contributed by atoms with E-state index >= 15 is 0 Å². The van der Waals surface area contributed by atoms with Crippen molar-refractivity contribution in [2.75, 3.05) is 13.1 Å². The van der Waals surface area contributed by atoms with Crippen LogP contribution in [0.3, 0.4) is 0 Å². The van der Waals surface area contributed by atoms with E-state index in [2.05, 4.69) is 48.2 Å². The lowest BCUT2D eigenvalue weighted by molar-refractivity contribution is 0.274. The second-order valence-corrected chi connectivity index (χ2v) is 9.52. The average molecular weight is 456 g/mol. The second kappa shape index (κ2) is 9.67. The molecule has 166 valence electrons. The van der Waals surface area contributed by atoms with Crippen LogP contribution < -0.4 is 0 Å². The number of thiazole rings is 1. The summed E-state index contributed by atoms with van der Waals surface area (Å²) in [6.45, 7) is 4.31. The summed E-state index contributed by atoms with van der Waals surface area (Å²) >= 11 is 1.55. The van der Waals surface area contributed by atoms with Crippen LogP contribution in [0.4, 0.5) is 9.39 Å². The highest BCUT2D eigenvalue weighted by atomic mass is 32.1. The van der Waals surface area contributed by atoms with Crippen molar-refractivity contribution in [1.29, 1.82) is 0 Å². The molecule has 4 aromatic rings. The third-order valence-electron chi connectivity index (χ3n) is 5.94. The van der Waals surface area contributed by atoms with Crippen LogP contribution in [0.15, 0.2) is 89.9 Å². The molecule has 3 aromatic carbocycles. The Labute approximate surface area is 198 Å². The average Bonchev–Trinajstić information content (AvgIpc) is 3.28. The van der Waals surface area contributed by atoms with Crippen LogP contribution in [-0.2, 0) is 0 Å². The third-order valence-corrected chi connectivity index (χ3v) is 6.94. The van der Waals surface area contributed by atoms with Gasteiger partial charge in [0, 0.05) is 29.8 Å². The molecule has 3 nitrogen and oxygen atoms in total. The van der Waals surface area contributed by atoms with Gasteiger partial charge in [0.2, 0.25) is 0 Å². The number of rotatable bonds is 4. The lowest BCUT2D eigenvalue weighted by atomic mass is 9.99. The van der Waals surface area contributed by atoms with E-state index < -0.39 is 0 Å². The van der Waals surface area contributed by atoms with Crippen LogP contribution in [0.25, 0.3) is 21.8 Å². The van der Waals surface area contributed by atoms with Crippen LogP contribution in [0.1, 0.15) is 25.3 Å². The first-order chi connectivity index (χ1) is 16.2. The summed E-state index contributed by atoms with van der Waals surface area (Å²) in [4.78, 5) is 12.6. The summed E-state index contributed by atoms with van der Waals surface area (Å²) < 4.78 is 13.5. The molecule has 5 heteroatoms. The molecule has 1 atom stereocenters. The quantitative estimate of drug-likeness (QED) is 0.236. The Bertz CT molecular complexity index is 1230. The molecule has 0 radical (unpaired) electrons. The number of amidine groups is 1. The van der Waals surface area contributed by atoms with E-state index in [1.807, 2.05) is 24.3 Å². The molecule has 0 amide bonds. The summed E-state index contributed by atoms with van der Waals surface area (Å²) in [5.74, 6) is 1.38. The molecule has 1 aliphatic rings. The highest BCUT2D eigenvalue weighted by Crippen LogP contribution is 2.40. The number of piperidine rings is 1. The first-order valence-corrected chi connectivity index (χ1v) is 12.2. The number of hydrogen-bond acceptors (Lipinski definition) is 3. The molecule has 1 saturated heterocycles. The molecule has 5 rings (SSSR count). The molecule has 1 unspecified atom stereocenters. The van der Waals surface area contributed by atoms with E-state index in [-0.39, 0.29) is 5.82 Å². The molecule has 1 aliphatic heterocycles. The minimum atomic E-state index is -0.248. The van der Waals surface area contributed by atoms with Gasteiger partial charge in [-0.25, -0.2) is 14.4 Å². The number of likely N-dealkylation sites (tertiary alicyclic amines) is 1. The molecular weight excluding hydrogens is 429 g/mol. The smallest absolute Gasteiger partial charge is 0.146 e. The standard InChI is InChI=1S/C28H26FN3S/c1-20-9-8-18-32(19-20)26(22-12-6-3-7-13-22)31-28-25(21-10-4-2-5-11-21)30-27(33-28)23-14-16-24(29)17-15-23/h2-7,10-17,20H,8-9,18-19H2,1H3/b31-26+. The third kappa shape index (κ3) is 4.88. The van der Waals surface area contributed by atoms with Crippen molar-refractivity contribution >= 4 is 22.2 Å². The van der Waals surface area contributed by atoms with Gasteiger partial charge in [0.25, 0.3) is 0 Å². The molecule has 0 aliphatic carbocycles. The van der Waals surface area contributed by atoms with Crippen molar-refractivity contribution in [2.24, 2.45) is 10.9 Å². The fourth-order valence-corrected chi connectivity index (χ4v) is 5.24. The topological polar surface area (TPSA) is 28.5 Å². The van der Waals surface area contributed by atoms with Crippen molar-refractivity contribution in [3.63, 3.8) is 0 Å². The Kier molecular flexibility index (Phi) is 6.31. The maximum Gasteiger partial charge on any atom is 0.146 e. The van der Waals surface area contributed by atoms with E-state index in [0.717, 1.165) is 51.3 Å². The minimum Gasteiger partial charge on any atom is -0.356 e. The number of nitrogens with zero attached hydrogens (tertiary/aromatic N) is 3. The molecule has 1 aromatic heterocycles. The minimum absolute atomic E-state index is 0.248. The maximum atomic E-state index is 13.5. The zero-order valence-corrected chi connectivity index (χ0v) is 19.4. The highest BCUT2D eigenvalue weighted by molar-refractivity contribution is 7.19. The van der Waals surface area contributed by atoms with Gasteiger partial charge in [-0.1, -0.05) is 78.9 Å². The van der Waals surface area contributed by atoms with Crippen LogP contribution >= 0.6 is 11.3 Å². The predicted molar refractivity (Wildman–Crippen MR) is 136 cm³/mol. The van der Waals surface area contributed by atoms with Crippen LogP contribution in [-0.4, -0.2) is 28.8 Å². The summed E-state index contributed by atoms with van der Waals surface area (Å²) in [7, 11) is 0. The zero-order chi connectivity index (χ0) is 22.6. The van der Waals surface area contributed by atoms with Crippen LogP contribution in [0, 0.1) is 11.7 Å². The van der Waals surface area contributed by atoms with E-state index in [0.29, 0.717) is 5.92 Å². The molecule has 0 spiro atoms. The van der Waals surface area contributed by atoms with Crippen molar-refractivity contribution in [3.8, 4) is 21.8 Å². The molecular formula is C28H26FN3S. The first kappa shape index (κ1) is 21.5. The monoisotopic (exact) mass is 455 g/mol. The zero-order valence-electron chi connectivity index (χ0n) is 18.6. The maximum absolute atomic E-state index is 13.5. The van der Waals surface area contributed by atoms with Gasteiger partial charge in [-0.3, -0.25) is 0 Å². The Morgan fingerprint density at radius 1 is 0.939 bits per heavy atom. The fraction of sp³-hybridized carbons (Fsp3) is 0.214. The Balaban J connectivity index is 1.65. The van der Waals surface area contributed by atoms with Crippen molar-refractivity contribution in [2.45, 2.75) is 19.8 Å². The summed E-state index contributed by atoms with van der Waals surface area (Å²) in [5, 5.41) is 1.71. The largest absolute Gasteiger partial charge is 0.356 e. The Hall–Kier alpha value is -3.31. The summed E-state index contributed by atoms with van der Waals surface area (Å²) in [5.41, 5.74) is 3.90. The van der Waals surface area contributed by atoms with Crippen molar-refractivity contribution < 1.29 is 4.39 Å². The number of benzene rings is 3. The van der Waals surface area contributed by atoms with Gasteiger partial charge >= 0.3 is 0 Å². The lowest BCUT2D eigenvalue weighted by Gasteiger charge is -2.33. The first-order valence-electron chi connectivity index (χ1n) is 11.4. The lowest BCUT2D eigenvalue weighted by Crippen LogP contribution is -2.39. The second-order valence-electron chi connectivity index (χ2n) is 8.54. The van der Waals surface area contributed by atoms with Crippen LogP contribution in [0.2, 0.25) is 0 Å². The van der Waals surface area contributed by atoms with Gasteiger partial charge in [0.15, 0.2) is 0 Å². The SMILES string of the molecule is CC1CCCN(/C(=N/c2sc(-c3ccc(F)cc3)nc2-c2ccccc2)c2ccccc2)C1. The van der Waals surface area contributed by atoms with Gasteiger partial charge in [-0.2, -0.15) is 0 Å². The van der Waals surface area contributed by atoms with E-state index in [9.17, 15) is 4.39 Å². The molecule has 0 bridgehead atoms. The van der Waals surface area contributed by atoms with Gasteiger partial charge in [-0.05, 0) is 43.0 Å². The number of aliphatic imine (C=N–C) groups is 1. The summed E-state index contributed by atoms with van der Waals surface area (Å²) in [6.07, 6.45) is 2.42. The van der Waals surface area contributed by atoms with Crippen LogP contribution in [0.5, 0.6) is 0 Å². The molecule has 2 heterocycles. The van der Waals surface area contributed by atoms with Gasteiger partial charge in [0.1, 0.15) is 27.4 Å². The van der Waals surface area contributed by atoms with Gasteiger partial charge in [0.05, 0.1) is 0 Å². The number of halogens is 1.